The molecule has 4 saturated carbocycles. The Bertz CT molecular complexity index is 545. The van der Waals surface area contributed by atoms with Crippen molar-refractivity contribution in [3.63, 3.8) is 0 Å². The molecular formula is C21H34O3. The third-order valence-electron chi connectivity index (χ3n) is 9.37. The minimum absolute atomic E-state index is 0.0216. The molecule has 24 heavy (non-hydrogen) atoms. The fourth-order valence-corrected chi connectivity index (χ4v) is 7.83. The van der Waals surface area contributed by atoms with Crippen LogP contribution in [0.2, 0.25) is 0 Å². The van der Waals surface area contributed by atoms with E-state index in [1.165, 1.54) is 12.8 Å². The standard InChI is InChI=1S/C21H34O3/c1-13(22)21(24)11-8-18-16-5-4-14-12-15(23)6-9-19(14,2)17(16)7-10-20(18,21)3/h14-18,23-24H,4-12H2,1-3H3/t14-,15+,16+,17-,18-,19?,20-,21-/m0/s1. The molecule has 0 heterocycles. The van der Waals surface area contributed by atoms with Crippen LogP contribution in [0.15, 0.2) is 0 Å². The first-order valence-electron chi connectivity index (χ1n) is 10.1. The Morgan fingerprint density at radius 3 is 2.38 bits per heavy atom. The van der Waals surface area contributed by atoms with Crippen LogP contribution in [0.1, 0.15) is 78.6 Å². The highest BCUT2D eigenvalue weighted by Gasteiger charge is 2.65. The van der Waals surface area contributed by atoms with Crippen molar-refractivity contribution in [3.05, 3.63) is 0 Å². The van der Waals surface area contributed by atoms with Crippen LogP contribution < -0.4 is 0 Å². The second-order valence-electron chi connectivity index (χ2n) is 10.00. The molecule has 2 N–H and O–H groups in total. The van der Waals surface area contributed by atoms with Gasteiger partial charge in [-0.2, -0.15) is 0 Å². The molecule has 0 aromatic rings. The summed E-state index contributed by atoms with van der Waals surface area (Å²) in [5.41, 5.74) is -0.957. The first-order chi connectivity index (χ1) is 11.2. The van der Waals surface area contributed by atoms with Crippen LogP contribution in [0.3, 0.4) is 0 Å². The number of aliphatic hydroxyl groups is 2. The molecule has 0 bridgehead atoms. The second kappa shape index (κ2) is 5.30. The summed E-state index contributed by atoms with van der Waals surface area (Å²) < 4.78 is 0. The van der Waals surface area contributed by atoms with E-state index in [1.54, 1.807) is 6.92 Å². The Balaban J connectivity index is 1.65. The van der Waals surface area contributed by atoms with Crippen molar-refractivity contribution in [2.75, 3.05) is 0 Å². The van der Waals surface area contributed by atoms with Crippen LogP contribution in [-0.4, -0.2) is 27.7 Å². The van der Waals surface area contributed by atoms with E-state index in [0.717, 1.165) is 44.4 Å². The van der Waals surface area contributed by atoms with Crippen LogP contribution >= 0.6 is 0 Å². The quantitative estimate of drug-likeness (QED) is 0.768. The smallest absolute Gasteiger partial charge is 0.161 e. The number of Topliss-reactive ketones (excluding diaryl/α,β-unsaturated/α-hetero) is 1. The molecule has 0 saturated heterocycles. The number of carbonyl (C=O) groups is 1. The van der Waals surface area contributed by atoms with Crippen LogP contribution in [0.4, 0.5) is 0 Å². The SMILES string of the molecule is CC(=O)[C@@]1(O)CC[C@H]2[C@@H]3CC[C@H]4C[C@H](O)CCC4(C)[C@H]3CC[C@@]21C. The summed E-state index contributed by atoms with van der Waals surface area (Å²) in [5.74, 6) is 2.52. The summed E-state index contributed by atoms with van der Waals surface area (Å²) in [6, 6.07) is 0. The Hall–Kier alpha value is -0.410. The van der Waals surface area contributed by atoms with Crippen molar-refractivity contribution in [3.8, 4) is 0 Å². The largest absolute Gasteiger partial charge is 0.393 e. The Kier molecular flexibility index (Phi) is 3.76. The highest BCUT2D eigenvalue weighted by Crippen LogP contribution is 2.68. The van der Waals surface area contributed by atoms with E-state index in [-0.39, 0.29) is 17.3 Å². The third kappa shape index (κ3) is 2.00. The van der Waals surface area contributed by atoms with Crippen molar-refractivity contribution in [1.82, 2.24) is 0 Å². The topological polar surface area (TPSA) is 57.5 Å². The van der Waals surface area contributed by atoms with Crippen molar-refractivity contribution in [1.29, 1.82) is 0 Å². The summed E-state index contributed by atoms with van der Waals surface area (Å²) in [5, 5.41) is 21.3. The second-order valence-corrected chi connectivity index (χ2v) is 10.00. The maximum absolute atomic E-state index is 12.2. The van der Waals surface area contributed by atoms with Gasteiger partial charge in [0.05, 0.1) is 6.10 Å². The Labute approximate surface area is 146 Å². The lowest BCUT2D eigenvalue weighted by Crippen LogP contribution is -2.58. The highest BCUT2D eigenvalue weighted by atomic mass is 16.3. The van der Waals surface area contributed by atoms with E-state index in [4.69, 9.17) is 0 Å². The molecule has 0 aliphatic heterocycles. The van der Waals surface area contributed by atoms with Gasteiger partial charge >= 0.3 is 0 Å². The number of hydrogen-bond donors (Lipinski definition) is 2. The van der Waals surface area contributed by atoms with Gasteiger partial charge in [-0.15, -0.1) is 0 Å². The van der Waals surface area contributed by atoms with Crippen LogP contribution in [-0.2, 0) is 4.79 Å². The molecule has 0 aromatic heterocycles. The lowest BCUT2D eigenvalue weighted by atomic mass is 9.44. The lowest BCUT2D eigenvalue weighted by molar-refractivity contribution is -0.170. The van der Waals surface area contributed by atoms with Gasteiger partial charge in [0.15, 0.2) is 5.78 Å². The molecule has 1 unspecified atom stereocenters. The summed E-state index contributed by atoms with van der Waals surface area (Å²) in [7, 11) is 0. The zero-order chi connectivity index (χ0) is 17.3. The molecule has 4 fully saturated rings. The van der Waals surface area contributed by atoms with Crippen molar-refractivity contribution in [2.45, 2.75) is 90.3 Å². The van der Waals surface area contributed by atoms with Gasteiger partial charge in [-0.25, -0.2) is 0 Å². The van der Waals surface area contributed by atoms with E-state index in [1.807, 2.05) is 0 Å². The van der Waals surface area contributed by atoms with Crippen LogP contribution in [0.25, 0.3) is 0 Å². The molecule has 0 aromatic carbocycles. The maximum Gasteiger partial charge on any atom is 0.161 e. The Morgan fingerprint density at radius 2 is 1.67 bits per heavy atom. The van der Waals surface area contributed by atoms with E-state index in [2.05, 4.69) is 13.8 Å². The summed E-state index contributed by atoms with van der Waals surface area (Å²) in [4.78, 5) is 12.2. The van der Waals surface area contributed by atoms with Gasteiger partial charge in [-0.3, -0.25) is 4.79 Å². The van der Waals surface area contributed by atoms with Gasteiger partial charge in [0, 0.05) is 5.41 Å². The first-order valence-corrected chi connectivity index (χ1v) is 10.1. The fourth-order valence-electron chi connectivity index (χ4n) is 7.83. The fraction of sp³-hybridized carbons (Fsp3) is 0.952. The normalized spacial score (nSPS) is 57.0. The molecule has 4 aliphatic rings. The predicted molar refractivity (Wildman–Crippen MR) is 93.4 cm³/mol. The first kappa shape index (κ1) is 17.0. The zero-order valence-corrected chi connectivity index (χ0v) is 15.6. The monoisotopic (exact) mass is 334 g/mol. The molecule has 3 nitrogen and oxygen atoms in total. The van der Waals surface area contributed by atoms with Crippen molar-refractivity contribution < 1.29 is 15.0 Å². The van der Waals surface area contributed by atoms with Crippen molar-refractivity contribution in [2.24, 2.45) is 34.5 Å². The van der Waals surface area contributed by atoms with E-state index in [0.29, 0.717) is 29.6 Å². The van der Waals surface area contributed by atoms with E-state index < -0.39 is 5.60 Å². The van der Waals surface area contributed by atoms with Crippen molar-refractivity contribution >= 4 is 5.78 Å². The minimum Gasteiger partial charge on any atom is -0.393 e. The minimum atomic E-state index is -1.09. The molecular weight excluding hydrogens is 300 g/mol. The average Bonchev–Trinajstić information content (AvgIpc) is 2.81. The predicted octanol–water partition coefficient (Wildman–Crippen LogP) is 3.71. The highest BCUT2D eigenvalue weighted by molar-refractivity contribution is 5.86. The van der Waals surface area contributed by atoms with Gasteiger partial charge in [0.2, 0.25) is 0 Å². The molecule has 4 aliphatic carbocycles. The zero-order valence-electron chi connectivity index (χ0n) is 15.6. The number of aliphatic hydroxyl groups excluding tert-OH is 1. The number of ketones is 1. The molecule has 4 rings (SSSR count). The molecule has 3 heteroatoms. The van der Waals surface area contributed by atoms with Crippen LogP contribution in [0.5, 0.6) is 0 Å². The van der Waals surface area contributed by atoms with Crippen LogP contribution in [0, 0.1) is 34.5 Å². The molecule has 136 valence electrons. The number of hydrogen-bond acceptors (Lipinski definition) is 3. The molecule has 0 amide bonds. The van der Waals surface area contributed by atoms with Gasteiger partial charge < -0.3 is 10.2 Å². The molecule has 0 radical (unpaired) electrons. The Morgan fingerprint density at radius 1 is 0.958 bits per heavy atom. The maximum atomic E-state index is 12.2. The number of rotatable bonds is 1. The third-order valence-corrected chi connectivity index (χ3v) is 9.37. The number of fused-ring (bicyclic) bond motifs is 5. The average molecular weight is 335 g/mol. The lowest BCUT2D eigenvalue weighted by Gasteiger charge is -2.61. The van der Waals surface area contributed by atoms with Gasteiger partial charge in [0.25, 0.3) is 0 Å². The van der Waals surface area contributed by atoms with E-state index in [9.17, 15) is 15.0 Å². The van der Waals surface area contributed by atoms with E-state index >= 15 is 0 Å². The van der Waals surface area contributed by atoms with Gasteiger partial charge in [-0.05, 0) is 93.8 Å². The van der Waals surface area contributed by atoms with Gasteiger partial charge in [-0.1, -0.05) is 13.8 Å². The summed E-state index contributed by atoms with van der Waals surface area (Å²) >= 11 is 0. The summed E-state index contributed by atoms with van der Waals surface area (Å²) in [6.07, 6.45) is 9.25. The molecule has 8 atom stereocenters. The number of carbonyl (C=O) groups excluding carboxylic acids is 1. The van der Waals surface area contributed by atoms with Gasteiger partial charge in [0.1, 0.15) is 5.60 Å². The summed E-state index contributed by atoms with van der Waals surface area (Å²) in [6.45, 7) is 6.26. The molecule has 0 spiro atoms.